The minimum atomic E-state index is -0.482. The summed E-state index contributed by atoms with van der Waals surface area (Å²) in [6.45, 7) is 6.89. The summed E-state index contributed by atoms with van der Waals surface area (Å²) in [5.41, 5.74) is 6.90. The molecular weight excluding hydrogens is 292 g/mol. The van der Waals surface area contributed by atoms with E-state index in [9.17, 15) is 4.79 Å². The number of likely N-dealkylation sites (tertiary alicyclic amines) is 1. The van der Waals surface area contributed by atoms with Gasteiger partial charge >= 0.3 is 6.09 Å². The van der Waals surface area contributed by atoms with E-state index in [0.717, 1.165) is 18.6 Å². The number of methoxy groups -OCH3 is 1. The molecule has 2 N–H and O–H groups in total. The van der Waals surface area contributed by atoms with Crippen molar-refractivity contribution in [3.8, 4) is 5.75 Å². The van der Waals surface area contributed by atoms with Crippen LogP contribution in [0.25, 0.3) is 0 Å². The molecule has 1 saturated heterocycles. The molecule has 23 heavy (non-hydrogen) atoms. The second-order valence-electron chi connectivity index (χ2n) is 7.30. The lowest BCUT2D eigenvalue weighted by atomic mass is 9.89. The molecule has 0 aliphatic carbocycles. The van der Waals surface area contributed by atoms with E-state index in [-0.39, 0.29) is 12.1 Å². The summed E-state index contributed by atoms with van der Waals surface area (Å²) in [7, 11) is 1.66. The number of piperidine rings is 1. The standard InChI is InChI=1S/C18H28N2O3/c1-18(2,3)23-17(21)20-11-14(10-15(19)12-20)9-13-5-7-16(22-4)8-6-13/h5-8,14-15H,9-12,19H2,1-4H3. The normalized spacial score (nSPS) is 21.9. The zero-order valence-electron chi connectivity index (χ0n) is 14.5. The average Bonchev–Trinajstić information content (AvgIpc) is 2.45. The Morgan fingerprint density at radius 3 is 2.48 bits per heavy atom. The van der Waals surface area contributed by atoms with Gasteiger partial charge in [-0.3, -0.25) is 0 Å². The van der Waals surface area contributed by atoms with Crippen LogP contribution in [0.4, 0.5) is 4.79 Å². The largest absolute Gasteiger partial charge is 0.497 e. The Kier molecular flexibility index (Phi) is 5.52. The van der Waals surface area contributed by atoms with Gasteiger partial charge in [0, 0.05) is 19.1 Å². The van der Waals surface area contributed by atoms with Crippen molar-refractivity contribution >= 4 is 6.09 Å². The SMILES string of the molecule is COc1ccc(CC2CC(N)CN(C(=O)OC(C)(C)C)C2)cc1. The Balaban J connectivity index is 1.98. The Morgan fingerprint density at radius 2 is 1.91 bits per heavy atom. The molecule has 5 nitrogen and oxygen atoms in total. The number of nitrogens with two attached hydrogens (primary N) is 1. The molecule has 1 heterocycles. The number of carbonyl (C=O) groups excluding carboxylic acids is 1. The molecule has 1 fully saturated rings. The van der Waals surface area contributed by atoms with Gasteiger partial charge in [0.15, 0.2) is 0 Å². The third kappa shape index (κ3) is 5.43. The molecule has 1 aromatic rings. The van der Waals surface area contributed by atoms with Crippen LogP contribution in [0.5, 0.6) is 5.75 Å². The van der Waals surface area contributed by atoms with Crippen molar-refractivity contribution in [3.05, 3.63) is 29.8 Å². The highest BCUT2D eigenvalue weighted by Crippen LogP contribution is 2.23. The monoisotopic (exact) mass is 320 g/mol. The molecule has 0 aromatic heterocycles. The first kappa shape index (κ1) is 17.6. The molecule has 2 atom stereocenters. The second kappa shape index (κ2) is 7.21. The summed E-state index contributed by atoms with van der Waals surface area (Å²) >= 11 is 0. The second-order valence-corrected chi connectivity index (χ2v) is 7.30. The quantitative estimate of drug-likeness (QED) is 0.930. The number of rotatable bonds is 3. The molecule has 1 aliphatic rings. The predicted molar refractivity (Wildman–Crippen MR) is 90.6 cm³/mol. The van der Waals surface area contributed by atoms with Gasteiger partial charge in [-0.05, 0) is 57.2 Å². The van der Waals surface area contributed by atoms with E-state index in [2.05, 4.69) is 12.1 Å². The summed E-state index contributed by atoms with van der Waals surface area (Å²) in [5, 5.41) is 0. The van der Waals surface area contributed by atoms with E-state index >= 15 is 0 Å². The molecular formula is C18H28N2O3. The molecule has 1 aliphatic heterocycles. The van der Waals surface area contributed by atoms with E-state index in [0.29, 0.717) is 19.0 Å². The smallest absolute Gasteiger partial charge is 0.410 e. The highest BCUT2D eigenvalue weighted by atomic mass is 16.6. The fraction of sp³-hybridized carbons (Fsp3) is 0.611. The summed E-state index contributed by atoms with van der Waals surface area (Å²) in [6.07, 6.45) is 1.55. The molecule has 1 aromatic carbocycles. The maximum Gasteiger partial charge on any atom is 0.410 e. The number of hydrogen-bond donors (Lipinski definition) is 1. The topological polar surface area (TPSA) is 64.8 Å². The van der Waals surface area contributed by atoms with Crippen LogP contribution < -0.4 is 10.5 Å². The van der Waals surface area contributed by atoms with E-state index in [1.54, 1.807) is 12.0 Å². The van der Waals surface area contributed by atoms with Crippen LogP contribution >= 0.6 is 0 Å². The predicted octanol–water partition coefficient (Wildman–Crippen LogP) is 2.82. The van der Waals surface area contributed by atoms with Gasteiger partial charge in [0.1, 0.15) is 11.4 Å². The highest BCUT2D eigenvalue weighted by molar-refractivity contribution is 5.68. The third-order valence-electron chi connectivity index (χ3n) is 3.90. The summed E-state index contributed by atoms with van der Waals surface area (Å²) < 4.78 is 10.7. The van der Waals surface area contributed by atoms with Crippen LogP contribution in [0.3, 0.4) is 0 Å². The molecule has 0 saturated carbocycles. The maximum atomic E-state index is 12.3. The number of carbonyl (C=O) groups is 1. The van der Waals surface area contributed by atoms with Gasteiger partial charge in [0.05, 0.1) is 7.11 Å². The van der Waals surface area contributed by atoms with Gasteiger partial charge in [-0.15, -0.1) is 0 Å². The van der Waals surface area contributed by atoms with E-state index < -0.39 is 5.60 Å². The summed E-state index contributed by atoms with van der Waals surface area (Å²) in [4.78, 5) is 14.0. The Morgan fingerprint density at radius 1 is 1.26 bits per heavy atom. The van der Waals surface area contributed by atoms with Crippen molar-refractivity contribution in [2.24, 2.45) is 11.7 Å². The van der Waals surface area contributed by atoms with E-state index in [1.807, 2.05) is 32.9 Å². The van der Waals surface area contributed by atoms with Crippen LogP contribution in [0.2, 0.25) is 0 Å². The maximum absolute atomic E-state index is 12.3. The highest BCUT2D eigenvalue weighted by Gasteiger charge is 2.31. The molecule has 0 radical (unpaired) electrons. The van der Waals surface area contributed by atoms with Gasteiger partial charge in [-0.1, -0.05) is 12.1 Å². The van der Waals surface area contributed by atoms with Crippen LogP contribution in [-0.2, 0) is 11.2 Å². The average molecular weight is 320 g/mol. The zero-order valence-corrected chi connectivity index (χ0v) is 14.5. The van der Waals surface area contributed by atoms with Crippen molar-refractivity contribution in [1.82, 2.24) is 4.90 Å². The number of hydrogen-bond acceptors (Lipinski definition) is 4. The first-order chi connectivity index (χ1) is 10.8. The van der Waals surface area contributed by atoms with Gasteiger partial charge in [-0.25, -0.2) is 4.79 Å². The van der Waals surface area contributed by atoms with Gasteiger partial charge in [0.25, 0.3) is 0 Å². The van der Waals surface area contributed by atoms with Gasteiger partial charge in [-0.2, -0.15) is 0 Å². The van der Waals surface area contributed by atoms with Crippen molar-refractivity contribution in [3.63, 3.8) is 0 Å². The molecule has 0 bridgehead atoms. The lowest BCUT2D eigenvalue weighted by Crippen LogP contribution is -2.51. The van der Waals surface area contributed by atoms with E-state index in [1.165, 1.54) is 5.56 Å². The molecule has 0 spiro atoms. The molecule has 2 rings (SSSR count). The van der Waals surface area contributed by atoms with Crippen molar-refractivity contribution in [2.45, 2.75) is 45.3 Å². The van der Waals surface area contributed by atoms with Gasteiger partial charge in [0.2, 0.25) is 0 Å². The van der Waals surface area contributed by atoms with Crippen LogP contribution in [-0.4, -0.2) is 42.8 Å². The lowest BCUT2D eigenvalue weighted by Gasteiger charge is -2.37. The Bertz CT molecular complexity index is 522. The fourth-order valence-electron chi connectivity index (χ4n) is 2.96. The molecule has 1 amide bonds. The van der Waals surface area contributed by atoms with Gasteiger partial charge < -0.3 is 20.1 Å². The first-order valence-corrected chi connectivity index (χ1v) is 8.13. The number of nitrogens with zero attached hydrogens (tertiary/aromatic N) is 1. The van der Waals surface area contributed by atoms with E-state index in [4.69, 9.17) is 15.2 Å². The molecule has 5 heteroatoms. The zero-order chi connectivity index (χ0) is 17.0. The van der Waals surface area contributed by atoms with Crippen LogP contribution in [0.15, 0.2) is 24.3 Å². The van der Waals surface area contributed by atoms with Crippen LogP contribution in [0, 0.1) is 5.92 Å². The third-order valence-corrected chi connectivity index (χ3v) is 3.90. The van der Waals surface area contributed by atoms with Crippen molar-refractivity contribution in [2.75, 3.05) is 20.2 Å². The number of benzene rings is 1. The number of amides is 1. The minimum Gasteiger partial charge on any atom is -0.497 e. The first-order valence-electron chi connectivity index (χ1n) is 8.13. The Hall–Kier alpha value is -1.75. The number of ether oxygens (including phenoxy) is 2. The minimum absolute atomic E-state index is 0.000447. The summed E-state index contributed by atoms with van der Waals surface area (Å²) in [6, 6.07) is 8.06. The van der Waals surface area contributed by atoms with Crippen LogP contribution in [0.1, 0.15) is 32.8 Å². The van der Waals surface area contributed by atoms with Crippen molar-refractivity contribution < 1.29 is 14.3 Å². The fourth-order valence-corrected chi connectivity index (χ4v) is 2.96. The van der Waals surface area contributed by atoms with Crippen molar-refractivity contribution in [1.29, 1.82) is 0 Å². The summed E-state index contributed by atoms with van der Waals surface area (Å²) in [5.74, 6) is 1.20. The molecule has 128 valence electrons. The lowest BCUT2D eigenvalue weighted by molar-refractivity contribution is 0.0145. The Labute approximate surface area is 138 Å². The molecule has 2 unspecified atom stereocenters.